The maximum atomic E-state index is 10.2. The quantitative estimate of drug-likeness (QED) is 0.347. The van der Waals surface area contributed by atoms with Crippen LogP contribution in [-0.2, 0) is 11.3 Å². The summed E-state index contributed by atoms with van der Waals surface area (Å²) >= 11 is 8.22. The average Bonchev–Trinajstić information content (AvgIpc) is 3.65. The molecule has 4 aromatic rings. The summed E-state index contributed by atoms with van der Waals surface area (Å²) in [5.41, 5.74) is 10.3. The van der Waals surface area contributed by atoms with Gasteiger partial charge in [-0.1, -0.05) is 23.4 Å². The van der Waals surface area contributed by atoms with Crippen LogP contribution in [0.3, 0.4) is 0 Å². The zero-order chi connectivity index (χ0) is 25.7. The summed E-state index contributed by atoms with van der Waals surface area (Å²) < 4.78 is 7.77. The first-order valence-corrected chi connectivity index (χ1v) is 13.7. The number of piperidine rings is 1. The zero-order valence-corrected chi connectivity index (χ0v) is 22.4. The molecule has 194 valence electrons. The molecule has 2 aliphatic heterocycles. The Labute approximate surface area is 224 Å². The van der Waals surface area contributed by atoms with Crippen LogP contribution in [0, 0.1) is 12.3 Å². The topological polar surface area (TPSA) is 118 Å². The Kier molecular flexibility index (Phi) is 6.40. The van der Waals surface area contributed by atoms with Gasteiger partial charge in [-0.25, -0.2) is 15.0 Å². The second kappa shape index (κ2) is 9.59. The van der Waals surface area contributed by atoms with E-state index < -0.39 is 0 Å². The number of aryl methyl sites for hydroxylation is 1. The van der Waals surface area contributed by atoms with Crippen LogP contribution in [-0.4, -0.2) is 61.3 Å². The number of hydrogen-bond acceptors (Lipinski definition) is 8. The summed E-state index contributed by atoms with van der Waals surface area (Å²) in [7, 11) is 0. The van der Waals surface area contributed by atoms with Gasteiger partial charge in [0.25, 0.3) is 0 Å². The van der Waals surface area contributed by atoms with Crippen LogP contribution in [0.5, 0.6) is 0 Å². The Morgan fingerprint density at radius 3 is 2.76 bits per heavy atom. The summed E-state index contributed by atoms with van der Waals surface area (Å²) in [6, 6.07) is 5.91. The standard InChI is InChI=1S/C26H30ClN7O2S/c1-15-25(37-20-5-9-34-12-18(17-4-3-8-29-17)31-24(34)21(20)27)32-19(13-35)23(30-15)33-10-6-26(7-11-33)14-36-16(2)22(26)28/h3-5,8-9,12,16,22,29,35H,6-7,10-11,13-14,28H2,1-2H3/t16-,22+/m0/s1. The number of hydrogen-bond donors (Lipinski definition) is 3. The zero-order valence-electron chi connectivity index (χ0n) is 20.8. The van der Waals surface area contributed by atoms with Gasteiger partial charge in [0.15, 0.2) is 11.5 Å². The Hall–Kier alpha value is -2.63. The monoisotopic (exact) mass is 539 g/mol. The molecule has 0 amide bonds. The van der Waals surface area contributed by atoms with Crippen molar-refractivity contribution in [3.63, 3.8) is 0 Å². The lowest BCUT2D eigenvalue weighted by atomic mass is 9.73. The van der Waals surface area contributed by atoms with Gasteiger partial charge < -0.3 is 29.9 Å². The molecular weight excluding hydrogens is 510 g/mol. The van der Waals surface area contributed by atoms with Gasteiger partial charge in [-0.05, 0) is 44.9 Å². The Morgan fingerprint density at radius 1 is 1.27 bits per heavy atom. The number of aliphatic hydroxyl groups excluding tert-OH is 1. The molecule has 9 nitrogen and oxygen atoms in total. The van der Waals surface area contributed by atoms with Crippen molar-refractivity contribution in [2.75, 3.05) is 24.6 Å². The number of nitrogens with zero attached hydrogens (tertiary/aromatic N) is 5. The summed E-state index contributed by atoms with van der Waals surface area (Å²) in [5, 5.41) is 11.4. The van der Waals surface area contributed by atoms with Crippen molar-refractivity contribution in [3.8, 4) is 11.4 Å². The Balaban J connectivity index is 1.25. The second-order valence-electron chi connectivity index (χ2n) is 9.97. The van der Waals surface area contributed by atoms with E-state index in [0.29, 0.717) is 28.0 Å². The molecule has 4 N–H and O–H groups in total. The van der Waals surface area contributed by atoms with Gasteiger partial charge in [0.2, 0.25) is 0 Å². The first kappa shape index (κ1) is 24.7. The highest BCUT2D eigenvalue weighted by Gasteiger charge is 2.47. The van der Waals surface area contributed by atoms with Gasteiger partial charge in [-0.3, -0.25) is 0 Å². The number of ether oxygens (including phenoxy) is 1. The highest BCUT2D eigenvalue weighted by atomic mass is 35.5. The minimum atomic E-state index is -0.190. The van der Waals surface area contributed by atoms with Crippen molar-refractivity contribution >= 4 is 34.8 Å². The molecule has 0 radical (unpaired) electrons. The van der Waals surface area contributed by atoms with E-state index in [-0.39, 0.29) is 24.2 Å². The molecule has 6 rings (SSSR count). The number of aromatic amines is 1. The largest absolute Gasteiger partial charge is 0.390 e. The molecule has 2 atom stereocenters. The van der Waals surface area contributed by atoms with E-state index in [1.807, 2.05) is 48.1 Å². The molecule has 6 heterocycles. The normalized spacial score (nSPS) is 21.4. The van der Waals surface area contributed by atoms with Crippen LogP contribution in [0.25, 0.3) is 17.0 Å². The third-order valence-electron chi connectivity index (χ3n) is 7.74. The molecule has 37 heavy (non-hydrogen) atoms. The predicted molar refractivity (Wildman–Crippen MR) is 144 cm³/mol. The van der Waals surface area contributed by atoms with Crippen molar-refractivity contribution in [2.45, 2.75) is 55.4 Å². The lowest BCUT2D eigenvalue weighted by Gasteiger charge is -2.42. The van der Waals surface area contributed by atoms with Gasteiger partial charge in [0, 0.05) is 48.0 Å². The number of rotatable bonds is 5. The lowest BCUT2D eigenvalue weighted by Crippen LogP contribution is -2.51. The van der Waals surface area contributed by atoms with Crippen molar-refractivity contribution in [1.29, 1.82) is 0 Å². The first-order chi connectivity index (χ1) is 17.9. The van der Waals surface area contributed by atoms with Gasteiger partial charge in [0.1, 0.15) is 16.4 Å². The number of H-pyrrole nitrogens is 1. The number of nitrogens with one attached hydrogen (secondary N) is 1. The molecule has 0 bridgehead atoms. The first-order valence-electron chi connectivity index (χ1n) is 12.5. The van der Waals surface area contributed by atoms with E-state index in [9.17, 15) is 5.11 Å². The van der Waals surface area contributed by atoms with Gasteiger partial charge in [-0.15, -0.1) is 0 Å². The molecule has 0 saturated carbocycles. The summed E-state index contributed by atoms with van der Waals surface area (Å²) in [6.45, 7) is 6.14. The fourth-order valence-electron chi connectivity index (χ4n) is 5.42. The molecule has 0 unspecified atom stereocenters. The SMILES string of the molecule is Cc1nc(N2CCC3(CC2)CO[C@@H](C)[C@H]3N)c(CO)nc1Sc1ccn2cc(-c3ccc[nH]3)nc2c1Cl. The average molecular weight is 540 g/mol. The van der Waals surface area contributed by atoms with Crippen molar-refractivity contribution in [1.82, 2.24) is 24.3 Å². The molecule has 2 saturated heterocycles. The van der Waals surface area contributed by atoms with Crippen LogP contribution in [0.4, 0.5) is 5.82 Å². The summed E-state index contributed by atoms with van der Waals surface area (Å²) in [6.07, 6.45) is 7.71. The molecule has 1 spiro atoms. The highest BCUT2D eigenvalue weighted by Crippen LogP contribution is 2.43. The van der Waals surface area contributed by atoms with Crippen molar-refractivity contribution in [3.05, 3.63) is 53.2 Å². The fourth-order valence-corrected chi connectivity index (χ4v) is 6.61. The van der Waals surface area contributed by atoms with Crippen LogP contribution >= 0.6 is 23.4 Å². The molecule has 11 heteroatoms. The minimum absolute atomic E-state index is 0.0243. The van der Waals surface area contributed by atoms with E-state index in [1.54, 1.807) is 0 Å². The van der Waals surface area contributed by atoms with E-state index in [1.165, 1.54) is 11.8 Å². The number of fused-ring (bicyclic) bond motifs is 1. The van der Waals surface area contributed by atoms with Crippen LogP contribution in [0.2, 0.25) is 5.02 Å². The van der Waals surface area contributed by atoms with Crippen LogP contribution in [0.1, 0.15) is 31.2 Å². The molecule has 4 aromatic heterocycles. The fraction of sp³-hybridized carbons (Fsp3) is 0.423. The lowest BCUT2D eigenvalue weighted by molar-refractivity contribution is 0.0973. The van der Waals surface area contributed by atoms with Crippen LogP contribution in [0.15, 0.2) is 46.7 Å². The summed E-state index contributed by atoms with van der Waals surface area (Å²) in [4.78, 5) is 20.6. The van der Waals surface area contributed by atoms with Gasteiger partial charge in [0.05, 0.1) is 35.7 Å². The van der Waals surface area contributed by atoms with E-state index in [4.69, 9.17) is 37.0 Å². The third kappa shape index (κ3) is 4.30. The number of halogens is 1. The molecule has 2 aliphatic rings. The Bertz CT molecular complexity index is 1430. The molecule has 2 fully saturated rings. The predicted octanol–water partition coefficient (Wildman–Crippen LogP) is 4.06. The second-order valence-corrected chi connectivity index (χ2v) is 11.4. The van der Waals surface area contributed by atoms with E-state index in [2.05, 4.69) is 16.8 Å². The Morgan fingerprint density at radius 2 is 2.08 bits per heavy atom. The number of aliphatic hydroxyl groups is 1. The number of aromatic nitrogens is 5. The van der Waals surface area contributed by atoms with E-state index in [0.717, 1.165) is 53.7 Å². The maximum Gasteiger partial charge on any atom is 0.157 e. The van der Waals surface area contributed by atoms with Crippen molar-refractivity contribution < 1.29 is 9.84 Å². The van der Waals surface area contributed by atoms with Crippen LogP contribution < -0.4 is 10.6 Å². The molecular formula is C26H30ClN7O2S. The number of anilines is 1. The van der Waals surface area contributed by atoms with Crippen molar-refractivity contribution in [2.24, 2.45) is 11.1 Å². The van der Waals surface area contributed by atoms with Gasteiger partial charge in [-0.2, -0.15) is 0 Å². The van der Waals surface area contributed by atoms with Gasteiger partial charge >= 0.3 is 0 Å². The molecule has 0 aliphatic carbocycles. The number of imidazole rings is 1. The number of pyridine rings is 1. The number of nitrogens with two attached hydrogens (primary N) is 1. The van der Waals surface area contributed by atoms with E-state index >= 15 is 0 Å². The molecule has 0 aromatic carbocycles. The summed E-state index contributed by atoms with van der Waals surface area (Å²) in [5.74, 6) is 0.741. The smallest absolute Gasteiger partial charge is 0.157 e. The third-order valence-corrected chi connectivity index (χ3v) is 9.37. The maximum absolute atomic E-state index is 10.2. The minimum Gasteiger partial charge on any atom is -0.390 e. The highest BCUT2D eigenvalue weighted by molar-refractivity contribution is 7.99.